The fourth-order valence-corrected chi connectivity index (χ4v) is 2.88. The van der Waals surface area contributed by atoms with Gasteiger partial charge in [-0.25, -0.2) is 0 Å². The highest BCUT2D eigenvalue weighted by molar-refractivity contribution is 5.81. The molecule has 0 atom stereocenters. The van der Waals surface area contributed by atoms with Gasteiger partial charge in [-0.3, -0.25) is 4.99 Å². The molecule has 0 spiro atoms. The van der Waals surface area contributed by atoms with Gasteiger partial charge in [0.2, 0.25) is 0 Å². The van der Waals surface area contributed by atoms with Crippen LogP contribution in [0.25, 0.3) is 0 Å². The lowest BCUT2D eigenvalue weighted by Crippen LogP contribution is -2.47. The van der Waals surface area contributed by atoms with Gasteiger partial charge >= 0.3 is 0 Å². The van der Waals surface area contributed by atoms with Gasteiger partial charge in [0.25, 0.3) is 0 Å². The van der Waals surface area contributed by atoms with Crippen LogP contribution in [0.3, 0.4) is 0 Å². The van der Waals surface area contributed by atoms with Crippen LogP contribution in [0.4, 0.5) is 0 Å². The second kappa shape index (κ2) is 6.87. The van der Waals surface area contributed by atoms with Gasteiger partial charge in [-0.2, -0.15) is 0 Å². The molecule has 2 aliphatic rings. The van der Waals surface area contributed by atoms with Crippen LogP contribution in [-0.4, -0.2) is 69.4 Å². The quantitative estimate of drug-likeness (QED) is 0.837. The summed E-state index contributed by atoms with van der Waals surface area (Å²) in [6.45, 7) is 6.05. The largest absolute Gasteiger partial charge is 0.493 e. The number of rotatable bonds is 4. The number of methoxy groups -OCH3 is 2. The van der Waals surface area contributed by atoms with Crippen molar-refractivity contribution in [2.24, 2.45) is 4.99 Å². The molecule has 2 aliphatic heterocycles. The maximum Gasteiger partial charge on any atom is 0.197 e. The van der Waals surface area contributed by atoms with Gasteiger partial charge < -0.3 is 24.0 Å². The topological polar surface area (TPSA) is 46.5 Å². The minimum absolute atomic E-state index is 0.759. The van der Waals surface area contributed by atoms with E-state index in [1.165, 1.54) is 5.56 Å². The normalized spacial score (nSPS) is 18.4. The van der Waals surface area contributed by atoms with Gasteiger partial charge in [-0.1, -0.05) is 6.07 Å². The zero-order chi connectivity index (χ0) is 15.4. The number of aliphatic imine (C=N–C) groups is 1. The van der Waals surface area contributed by atoms with Crippen LogP contribution in [0.15, 0.2) is 23.2 Å². The Hall–Kier alpha value is -1.95. The Bertz CT molecular complexity index is 541. The Balaban J connectivity index is 1.71. The molecule has 2 heterocycles. The average molecular weight is 305 g/mol. The van der Waals surface area contributed by atoms with Crippen molar-refractivity contribution in [3.05, 3.63) is 23.8 Å². The van der Waals surface area contributed by atoms with E-state index in [0.29, 0.717) is 0 Å². The standard InChI is InChI=1S/C16H23N3O3/c1-20-14-4-3-13(11-15(14)21-2)12-19-6-5-17-16(19)18-7-9-22-10-8-18/h3-4,11H,5-10,12H2,1-2H3. The van der Waals surface area contributed by atoms with Crippen LogP contribution < -0.4 is 9.47 Å². The van der Waals surface area contributed by atoms with Crippen molar-refractivity contribution in [2.75, 3.05) is 53.6 Å². The third-order valence-electron chi connectivity index (χ3n) is 4.02. The number of hydrogen-bond donors (Lipinski definition) is 0. The Kier molecular flexibility index (Phi) is 4.68. The zero-order valence-electron chi connectivity index (χ0n) is 13.2. The molecule has 3 rings (SSSR count). The summed E-state index contributed by atoms with van der Waals surface area (Å²) < 4.78 is 16.1. The van der Waals surface area contributed by atoms with E-state index in [2.05, 4.69) is 20.9 Å². The first kappa shape index (κ1) is 15.0. The second-order valence-electron chi connectivity index (χ2n) is 5.39. The molecule has 1 fully saturated rings. The highest BCUT2D eigenvalue weighted by Gasteiger charge is 2.24. The van der Waals surface area contributed by atoms with Crippen molar-refractivity contribution in [1.82, 2.24) is 9.80 Å². The molecule has 1 saturated heterocycles. The second-order valence-corrected chi connectivity index (χ2v) is 5.39. The van der Waals surface area contributed by atoms with Crippen LogP contribution in [0, 0.1) is 0 Å². The van der Waals surface area contributed by atoms with Crippen molar-refractivity contribution in [2.45, 2.75) is 6.54 Å². The Morgan fingerprint density at radius 2 is 1.86 bits per heavy atom. The number of benzene rings is 1. The van der Waals surface area contributed by atoms with Gasteiger partial charge in [-0.05, 0) is 17.7 Å². The Labute approximate surface area is 131 Å². The third kappa shape index (κ3) is 3.11. The molecule has 22 heavy (non-hydrogen) atoms. The first-order valence-corrected chi connectivity index (χ1v) is 7.65. The molecule has 0 saturated carbocycles. The highest BCUT2D eigenvalue weighted by Crippen LogP contribution is 2.28. The fraction of sp³-hybridized carbons (Fsp3) is 0.562. The van der Waals surface area contributed by atoms with E-state index in [-0.39, 0.29) is 0 Å². The molecule has 0 amide bonds. The molecule has 0 aliphatic carbocycles. The lowest BCUT2D eigenvalue weighted by atomic mass is 10.2. The molecular weight excluding hydrogens is 282 g/mol. The maximum absolute atomic E-state index is 5.42. The summed E-state index contributed by atoms with van der Waals surface area (Å²) in [6, 6.07) is 6.07. The molecule has 0 aromatic heterocycles. The van der Waals surface area contributed by atoms with Crippen molar-refractivity contribution < 1.29 is 14.2 Å². The van der Waals surface area contributed by atoms with Crippen molar-refractivity contribution in [3.8, 4) is 11.5 Å². The van der Waals surface area contributed by atoms with Gasteiger partial charge in [0.05, 0.1) is 34.0 Å². The Morgan fingerprint density at radius 3 is 2.59 bits per heavy atom. The SMILES string of the molecule is COc1ccc(CN2CCN=C2N2CCOCC2)cc1OC. The zero-order valence-corrected chi connectivity index (χ0v) is 13.2. The molecule has 0 radical (unpaired) electrons. The van der Waals surface area contributed by atoms with Crippen LogP contribution in [0.1, 0.15) is 5.56 Å². The molecule has 120 valence electrons. The van der Waals surface area contributed by atoms with E-state index in [1.54, 1.807) is 14.2 Å². The number of guanidine groups is 1. The smallest absolute Gasteiger partial charge is 0.197 e. The van der Waals surface area contributed by atoms with Crippen molar-refractivity contribution >= 4 is 5.96 Å². The summed E-state index contributed by atoms with van der Waals surface area (Å²) in [5, 5.41) is 0. The maximum atomic E-state index is 5.42. The van der Waals surface area contributed by atoms with Crippen LogP contribution in [-0.2, 0) is 11.3 Å². The predicted octanol–water partition coefficient (Wildman–Crippen LogP) is 1.21. The van der Waals surface area contributed by atoms with E-state index >= 15 is 0 Å². The predicted molar refractivity (Wildman–Crippen MR) is 84.7 cm³/mol. The van der Waals surface area contributed by atoms with Gasteiger partial charge in [0.1, 0.15) is 0 Å². The Morgan fingerprint density at radius 1 is 1.09 bits per heavy atom. The van der Waals surface area contributed by atoms with Gasteiger partial charge in [-0.15, -0.1) is 0 Å². The van der Waals surface area contributed by atoms with Crippen LogP contribution in [0.2, 0.25) is 0 Å². The summed E-state index contributed by atoms with van der Waals surface area (Å²) in [7, 11) is 3.32. The minimum Gasteiger partial charge on any atom is -0.493 e. The van der Waals surface area contributed by atoms with E-state index in [0.717, 1.165) is 63.4 Å². The molecule has 0 unspecified atom stereocenters. The molecule has 6 nitrogen and oxygen atoms in total. The first-order chi connectivity index (χ1) is 10.8. The first-order valence-electron chi connectivity index (χ1n) is 7.65. The number of nitrogens with zero attached hydrogens (tertiary/aromatic N) is 3. The monoisotopic (exact) mass is 305 g/mol. The summed E-state index contributed by atoms with van der Waals surface area (Å²) >= 11 is 0. The average Bonchev–Trinajstić information content (AvgIpc) is 3.03. The van der Waals surface area contributed by atoms with Crippen LogP contribution >= 0.6 is 0 Å². The summed E-state index contributed by atoms with van der Waals surface area (Å²) in [5.74, 6) is 2.62. The van der Waals surface area contributed by atoms with E-state index in [1.807, 2.05) is 12.1 Å². The summed E-state index contributed by atoms with van der Waals surface area (Å²) in [5.41, 5.74) is 1.19. The summed E-state index contributed by atoms with van der Waals surface area (Å²) in [4.78, 5) is 9.31. The van der Waals surface area contributed by atoms with E-state index < -0.39 is 0 Å². The summed E-state index contributed by atoms with van der Waals surface area (Å²) in [6.07, 6.45) is 0. The molecule has 6 heteroatoms. The lowest BCUT2D eigenvalue weighted by molar-refractivity contribution is 0.0631. The number of ether oxygens (including phenoxy) is 3. The van der Waals surface area contributed by atoms with E-state index in [9.17, 15) is 0 Å². The van der Waals surface area contributed by atoms with Gasteiger partial charge in [0, 0.05) is 26.2 Å². The van der Waals surface area contributed by atoms with Crippen molar-refractivity contribution in [1.29, 1.82) is 0 Å². The highest BCUT2D eigenvalue weighted by atomic mass is 16.5. The minimum atomic E-state index is 0.759. The number of hydrogen-bond acceptors (Lipinski definition) is 6. The molecule has 0 bridgehead atoms. The van der Waals surface area contributed by atoms with Gasteiger partial charge in [0.15, 0.2) is 17.5 Å². The van der Waals surface area contributed by atoms with Crippen LogP contribution in [0.5, 0.6) is 11.5 Å². The van der Waals surface area contributed by atoms with Crippen molar-refractivity contribution in [3.63, 3.8) is 0 Å². The lowest BCUT2D eigenvalue weighted by Gasteiger charge is -2.33. The molecule has 0 N–H and O–H groups in total. The fourth-order valence-electron chi connectivity index (χ4n) is 2.88. The number of morpholine rings is 1. The molecule has 1 aromatic carbocycles. The molecule has 1 aromatic rings. The van der Waals surface area contributed by atoms with E-state index in [4.69, 9.17) is 14.2 Å². The molecular formula is C16H23N3O3. The third-order valence-corrected chi connectivity index (χ3v) is 4.02.